The Balaban J connectivity index is 1.47. The van der Waals surface area contributed by atoms with Gasteiger partial charge in [-0.25, -0.2) is 4.79 Å². The maximum atomic E-state index is 13.5. The van der Waals surface area contributed by atoms with Crippen LogP contribution in [0.2, 0.25) is 0 Å². The first-order valence-electron chi connectivity index (χ1n) is 11.5. The number of hydrazone groups is 1. The Morgan fingerprint density at radius 1 is 0.946 bits per heavy atom. The molecule has 1 aliphatic heterocycles. The standard InChI is InChI=1S/C29H23N3O5/c1-37-17-18-12-14-21(15-13-18)32-25-11-3-2-8-23(25)26(28(32)34)31-30-24-10-5-9-22(27(24)33)19-6-4-7-20(16-19)29(35)36/h2-16,30,33H,17H2,1H3,(H,35,36)/b31-26-. The highest BCUT2D eigenvalue weighted by molar-refractivity contribution is 6.55. The van der Waals surface area contributed by atoms with Crippen molar-refractivity contribution in [2.75, 3.05) is 17.4 Å². The molecule has 4 aromatic carbocycles. The lowest BCUT2D eigenvalue weighted by Gasteiger charge is -2.17. The summed E-state index contributed by atoms with van der Waals surface area (Å²) in [7, 11) is 1.63. The van der Waals surface area contributed by atoms with Gasteiger partial charge in [0.05, 0.1) is 23.5 Å². The van der Waals surface area contributed by atoms with Crippen molar-refractivity contribution in [1.29, 1.82) is 0 Å². The fourth-order valence-corrected chi connectivity index (χ4v) is 4.27. The smallest absolute Gasteiger partial charge is 0.335 e. The summed E-state index contributed by atoms with van der Waals surface area (Å²) < 4.78 is 5.17. The maximum absolute atomic E-state index is 13.5. The predicted octanol–water partition coefficient (Wildman–Crippen LogP) is 5.40. The van der Waals surface area contributed by atoms with E-state index in [9.17, 15) is 19.8 Å². The van der Waals surface area contributed by atoms with Crippen molar-refractivity contribution in [2.24, 2.45) is 5.10 Å². The number of amides is 1. The van der Waals surface area contributed by atoms with Gasteiger partial charge in [-0.15, -0.1) is 0 Å². The molecule has 8 nitrogen and oxygen atoms in total. The van der Waals surface area contributed by atoms with Crippen molar-refractivity contribution in [2.45, 2.75) is 6.61 Å². The molecule has 4 aromatic rings. The summed E-state index contributed by atoms with van der Waals surface area (Å²) in [4.78, 5) is 26.4. The third-order valence-electron chi connectivity index (χ3n) is 6.06. The molecule has 1 heterocycles. The van der Waals surface area contributed by atoms with Crippen molar-refractivity contribution in [3.05, 3.63) is 108 Å². The molecule has 37 heavy (non-hydrogen) atoms. The van der Waals surface area contributed by atoms with E-state index in [1.807, 2.05) is 48.5 Å². The van der Waals surface area contributed by atoms with Gasteiger partial charge in [0.2, 0.25) is 0 Å². The highest BCUT2D eigenvalue weighted by Gasteiger charge is 2.35. The zero-order valence-electron chi connectivity index (χ0n) is 19.9. The van der Waals surface area contributed by atoms with Crippen LogP contribution in [0.3, 0.4) is 0 Å². The number of anilines is 3. The Labute approximate surface area is 213 Å². The summed E-state index contributed by atoms with van der Waals surface area (Å²) in [5, 5.41) is 24.6. The molecule has 3 N–H and O–H groups in total. The van der Waals surface area contributed by atoms with Crippen LogP contribution in [-0.2, 0) is 16.1 Å². The number of aromatic hydroxyl groups is 1. The fraction of sp³-hybridized carbons (Fsp3) is 0.0690. The number of nitrogens with zero attached hydrogens (tertiary/aromatic N) is 2. The maximum Gasteiger partial charge on any atom is 0.335 e. The summed E-state index contributed by atoms with van der Waals surface area (Å²) in [6, 6.07) is 26.2. The van der Waals surface area contributed by atoms with E-state index in [1.165, 1.54) is 12.1 Å². The zero-order chi connectivity index (χ0) is 25.9. The normalized spacial score (nSPS) is 13.6. The lowest BCUT2D eigenvalue weighted by Crippen LogP contribution is -2.26. The lowest BCUT2D eigenvalue weighted by molar-refractivity contribution is -0.111. The minimum atomic E-state index is -1.06. The second-order valence-electron chi connectivity index (χ2n) is 8.42. The molecule has 0 saturated heterocycles. The van der Waals surface area contributed by atoms with Crippen LogP contribution in [0, 0.1) is 0 Å². The SMILES string of the molecule is COCc1ccc(N2C(=O)/C(=N\Nc3cccc(-c4cccc(C(=O)O)c4)c3O)c3ccccc32)cc1. The van der Waals surface area contributed by atoms with Gasteiger partial charge in [-0.2, -0.15) is 5.10 Å². The van der Waals surface area contributed by atoms with Crippen LogP contribution in [-0.4, -0.2) is 34.9 Å². The number of hydrogen-bond donors (Lipinski definition) is 3. The Kier molecular flexibility index (Phi) is 6.40. The van der Waals surface area contributed by atoms with Crippen molar-refractivity contribution < 1.29 is 24.5 Å². The van der Waals surface area contributed by atoms with Gasteiger partial charge in [0.1, 0.15) is 5.75 Å². The second-order valence-corrected chi connectivity index (χ2v) is 8.42. The fourth-order valence-electron chi connectivity index (χ4n) is 4.27. The average Bonchev–Trinajstić information content (AvgIpc) is 3.20. The summed E-state index contributed by atoms with van der Waals surface area (Å²) in [5.41, 5.74) is 7.45. The van der Waals surface area contributed by atoms with Gasteiger partial charge in [0.25, 0.3) is 5.91 Å². The van der Waals surface area contributed by atoms with Crippen LogP contribution in [0.25, 0.3) is 11.1 Å². The van der Waals surface area contributed by atoms with E-state index in [4.69, 9.17) is 4.74 Å². The number of carboxylic acid groups (broad SMARTS) is 1. The van der Waals surface area contributed by atoms with Gasteiger partial charge in [-0.3, -0.25) is 15.1 Å². The summed E-state index contributed by atoms with van der Waals surface area (Å²) in [6.45, 7) is 0.477. The van der Waals surface area contributed by atoms with E-state index in [1.54, 1.807) is 42.3 Å². The largest absolute Gasteiger partial charge is 0.505 e. The van der Waals surface area contributed by atoms with E-state index >= 15 is 0 Å². The van der Waals surface area contributed by atoms with E-state index < -0.39 is 5.97 Å². The van der Waals surface area contributed by atoms with Crippen LogP contribution in [0.4, 0.5) is 17.1 Å². The number of methoxy groups -OCH3 is 1. The predicted molar refractivity (Wildman–Crippen MR) is 141 cm³/mol. The molecule has 1 aliphatic rings. The third kappa shape index (κ3) is 4.53. The number of carbonyl (C=O) groups is 2. The number of hydrogen-bond acceptors (Lipinski definition) is 6. The van der Waals surface area contributed by atoms with Crippen molar-refractivity contribution in [3.8, 4) is 16.9 Å². The first-order valence-corrected chi connectivity index (χ1v) is 11.5. The molecule has 5 rings (SSSR count). The van der Waals surface area contributed by atoms with E-state index in [0.717, 1.165) is 5.56 Å². The molecule has 0 aliphatic carbocycles. The molecule has 0 unspecified atom stereocenters. The van der Waals surface area contributed by atoms with Crippen molar-refractivity contribution >= 4 is 34.7 Å². The monoisotopic (exact) mass is 493 g/mol. The van der Waals surface area contributed by atoms with Crippen molar-refractivity contribution in [3.63, 3.8) is 0 Å². The van der Waals surface area contributed by atoms with Crippen LogP contribution in [0.1, 0.15) is 21.5 Å². The topological polar surface area (TPSA) is 111 Å². The molecular weight excluding hydrogens is 470 g/mol. The van der Waals surface area contributed by atoms with Gasteiger partial charge >= 0.3 is 5.97 Å². The zero-order valence-corrected chi connectivity index (χ0v) is 19.9. The number of nitrogens with one attached hydrogen (secondary N) is 1. The van der Waals surface area contributed by atoms with E-state index in [-0.39, 0.29) is 28.6 Å². The van der Waals surface area contributed by atoms with E-state index in [0.29, 0.717) is 34.7 Å². The first kappa shape index (κ1) is 23.8. The number of fused-ring (bicyclic) bond motifs is 1. The number of rotatable bonds is 7. The minimum Gasteiger partial charge on any atom is -0.505 e. The molecule has 0 atom stereocenters. The molecule has 0 bridgehead atoms. The van der Waals surface area contributed by atoms with Gasteiger partial charge in [-0.05, 0) is 47.5 Å². The van der Waals surface area contributed by atoms with E-state index in [2.05, 4.69) is 10.5 Å². The molecule has 184 valence electrons. The van der Waals surface area contributed by atoms with Gasteiger partial charge in [0.15, 0.2) is 5.71 Å². The summed E-state index contributed by atoms with van der Waals surface area (Å²) in [6.07, 6.45) is 0. The number of phenols is 1. The van der Waals surface area contributed by atoms with Crippen LogP contribution < -0.4 is 10.3 Å². The Morgan fingerprint density at radius 3 is 2.43 bits per heavy atom. The molecule has 1 amide bonds. The summed E-state index contributed by atoms with van der Waals surface area (Å²) in [5.74, 6) is -1.48. The number of carboxylic acids is 1. The number of aromatic carboxylic acids is 1. The highest BCUT2D eigenvalue weighted by Crippen LogP contribution is 2.38. The Hall–Kier alpha value is -4.95. The molecule has 0 spiro atoms. The number of phenolic OH excluding ortho intramolecular Hbond substituents is 1. The van der Waals surface area contributed by atoms with Crippen LogP contribution in [0.5, 0.6) is 5.75 Å². The average molecular weight is 494 g/mol. The molecular formula is C29H23N3O5. The number of ether oxygens (including phenoxy) is 1. The second kappa shape index (κ2) is 9.96. The molecule has 0 radical (unpaired) electrons. The molecule has 0 saturated carbocycles. The molecule has 0 aromatic heterocycles. The first-order chi connectivity index (χ1) is 18.0. The summed E-state index contributed by atoms with van der Waals surface area (Å²) >= 11 is 0. The lowest BCUT2D eigenvalue weighted by atomic mass is 10.0. The van der Waals surface area contributed by atoms with Gasteiger partial charge in [-0.1, -0.05) is 54.6 Å². The number of para-hydroxylation sites is 2. The number of carbonyl (C=O) groups excluding carboxylic acids is 1. The Bertz CT molecular complexity index is 1530. The van der Waals surface area contributed by atoms with Gasteiger partial charge in [0, 0.05) is 23.9 Å². The third-order valence-corrected chi connectivity index (χ3v) is 6.06. The van der Waals surface area contributed by atoms with Crippen molar-refractivity contribution in [1.82, 2.24) is 0 Å². The van der Waals surface area contributed by atoms with Crippen LogP contribution in [0.15, 0.2) is 96.1 Å². The van der Waals surface area contributed by atoms with Crippen LogP contribution >= 0.6 is 0 Å². The Morgan fingerprint density at radius 2 is 1.68 bits per heavy atom. The highest BCUT2D eigenvalue weighted by atomic mass is 16.5. The quantitative estimate of drug-likeness (QED) is 0.235. The number of benzene rings is 4. The molecule has 8 heteroatoms. The van der Waals surface area contributed by atoms with Gasteiger partial charge < -0.3 is 14.9 Å². The minimum absolute atomic E-state index is 0.110. The molecule has 0 fully saturated rings.